The van der Waals surface area contributed by atoms with Crippen LogP contribution in [0, 0.1) is 20.8 Å². The predicted molar refractivity (Wildman–Crippen MR) is 157 cm³/mol. The Morgan fingerprint density at radius 3 is 1.95 bits per heavy atom. The van der Waals surface area contributed by atoms with Gasteiger partial charge in [0.2, 0.25) is 0 Å². The number of allylic oxidation sites excluding steroid dienone is 1. The molecular formula is C32H42N4O. The van der Waals surface area contributed by atoms with Gasteiger partial charge in [-0.1, -0.05) is 27.7 Å². The second kappa shape index (κ2) is 11.1. The van der Waals surface area contributed by atoms with Crippen LogP contribution in [0.2, 0.25) is 0 Å². The number of hydrogen-bond acceptors (Lipinski definition) is 3. The number of rotatable bonds is 3. The second-order valence-electron chi connectivity index (χ2n) is 10.4. The number of aliphatic hydroxyl groups is 1. The van der Waals surface area contributed by atoms with Gasteiger partial charge >= 0.3 is 0 Å². The maximum atomic E-state index is 7.88. The molecule has 0 radical (unpaired) electrons. The number of nitrogens with zero attached hydrogens (tertiary/aromatic N) is 2. The topological polar surface area (TPSA) is 77.6 Å². The molecule has 3 aromatic heterocycles. The highest BCUT2D eigenvalue weighted by atomic mass is 16.2. The van der Waals surface area contributed by atoms with Gasteiger partial charge in [0.25, 0.3) is 0 Å². The average Bonchev–Trinajstić information content (AvgIpc) is 3.59. The molecule has 0 saturated heterocycles. The Bertz CT molecular complexity index is 1500. The first-order valence-electron chi connectivity index (χ1n) is 13.7. The molecule has 3 N–H and O–H groups in total. The van der Waals surface area contributed by atoms with E-state index in [9.17, 15) is 0 Å². The smallest absolute Gasteiger partial charge is 0.0687 e. The van der Waals surface area contributed by atoms with E-state index in [1.54, 1.807) is 0 Å². The quantitative estimate of drug-likeness (QED) is 0.347. The van der Waals surface area contributed by atoms with Crippen molar-refractivity contribution in [2.45, 2.75) is 87.0 Å². The first kappa shape index (κ1) is 26.9. The Hall–Kier alpha value is -3.18. The van der Waals surface area contributed by atoms with Crippen molar-refractivity contribution in [3.63, 3.8) is 0 Å². The highest BCUT2D eigenvalue weighted by molar-refractivity contribution is 5.85. The van der Waals surface area contributed by atoms with Crippen LogP contribution in [-0.4, -0.2) is 31.6 Å². The van der Waals surface area contributed by atoms with Crippen LogP contribution in [0.25, 0.3) is 33.7 Å². The summed E-state index contributed by atoms with van der Waals surface area (Å²) in [5.74, 6) is 0.396. The van der Waals surface area contributed by atoms with Gasteiger partial charge in [0.15, 0.2) is 0 Å². The van der Waals surface area contributed by atoms with Crippen LogP contribution in [0.5, 0.6) is 0 Å². The Kier molecular flexibility index (Phi) is 8.03. The number of aryl methyl sites for hydroxylation is 4. The molecule has 5 rings (SSSR count). The average molecular weight is 499 g/mol. The third kappa shape index (κ3) is 5.15. The van der Waals surface area contributed by atoms with E-state index in [2.05, 4.69) is 82.7 Å². The van der Waals surface area contributed by atoms with Gasteiger partial charge in [-0.3, -0.25) is 4.98 Å². The van der Waals surface area contributed by atoms with Crippen LogP contribution in [0.15, 0.2) is 18.2 Å². The van der Waals surface area contributed by atoms with Gasteiger partial charge in [0.05, 0.1) is 11.4 Å². The lowest BCUT2D eigenvalue weighted by atomic mass is 10.0. The summed E-state index contributed by atoms with van der Waals surface area (Å²) in [6, 6.07) is 6.76. The maximum Gasteiger partial charge on any atom is 0.0687 e. The summed E-state index contributed by atoms with van der Waals surface area (Å²) >= 11 is 0. The standard InChI is InChI=1S/C29H34N4.C3H8O/c1-8-20-18(6)27-14-29-21(9-2)17(5)26(32-29)12-22-15(3)10-24(30-22)19(7)25-11-16(4)23(31-25)13-28(20)33-27;1-2-3-4/h11-15,32-33H,8-10H2,1-7H3;4H,2-3H2,1H3. The van der Waals surface area contributed by atoms with E-state index in [0.717, 1.165) is 54.0 Å². The van der Waals surface area contributed by atoms with Crippen molar-refractivity contribution in [2.24, 2.45) is 0 Å². The van der Waals surface area contributed by atoms with E-state index in [1.807, 2.05) is 6.92 Å². The van der Waals surface area contributed by atoms with Crippen LogP contribution in [-0.2, 0) is 19.3 Å². The minimum atomic E-state index is 0.319. The highest BCUT2D eigenvalue weighted by Gasteiger charge is 2.20. The fourth-order valence-corrected chi connectivity index (χ4v) is 5.37. The first-order chi connectivity index (χ1) is 17.7. The van der Waals surface area contributed by atoms with Gasteiger partial charge in [0, 0.05) is 46.0 Å². The number of H-pyrrole nitrogens is 2. The fourth-order valence-electron chi connectivity index (χ4n) is 5.37. The number of hydrogen-bond donors (Lipinski definition) is 3. The molecule has 0 amide bonds. The lowest BCUT2D eigenvalue weighted by molar-refractivity contribution is 0.295. The van der Waals surface area contributed by atoms with Crippen LogP contribution in [0.4, 0.5) is 0 Å². The number of aromatic nitrogens is 4. The largest absolute Gasteiger partial charge is 0.396 e. The fraction of sp³-hybridized carbons (Fsp3) is 0.438. The molecule has 2 aliphatic rings. The third-order valence-corrected chi connectivity index (χ3v) is 7.78. The van der Waals surface area contributed by atoms with E-state index < -0.39 is 0 Å². The number of nitrogens with one attached hydrogen (secondary N) is 2. The molecule has 5 heteroatoms. The zero-order valence-electron chi connectivity index (χ0n) is 23.8. The lowest BCUT2D eigenvalue weighted by Crippen LogP contribution is -1.91. The molecule has 0 spiro atoms. The summed E-state index contributed by atoms with van der Waals surface area (Å²) in [6.45, 7) is 17.8. The van der Waals surface area contributed by atoms with Gasteiger partial charge < -0.3 is 15.1 Å². The van der Waals surface area contributed by atoms with Crippen molar-refractivity contribution in [3.05, 3.63) is 68.8 Å². The summed E-state index contributed by atoms with van der Waals surface area (Å²) in [6.07, 6.45) is 6.01. The molecule has 5 nitrogen and oxygen atoms in total. The van der Waals surface area contributed by atoms with Crippen molar-refractivity contribution in [2.75, 3.05) is 6.61 Å². The molecule has 0 fully saturated rings. The molecular weight excluding hydrogens is 456 g/mol. The molecule has 37 heavy (non-hydrogen) atoms. The monoisotopic (exact) mass is 498 g/mol. The van der Waals surface area contributed by atoms with E-state index >= 15 is 0 Å². The normalized spacial score (nSPS) is 14.8. The van der Waals surface area contributed by atoms with Crippen molar-refractivity contribution >= 4 is 33.7 Å². The highest BCUT2D eigenvalue weighted by Crippen LogP contribution is 2.31. The Morgan fingerprint density at radius 1 is 0.811 bits per heavy atom. The number of aromatic amines is 2. The van der Waals surface area contributed by atoms with E-state index in [4.69, 9.17) is 15.1 Å². The molecule has 0 aliphatic carbocycles. The van der Waals surface area contributed by atoms with Gasteiger partial charge in [-0.05, 0) is 111 Å². The molecule has 0 saturated carbocycles. The molecule has 0 aromatic carbocycles. The van der Waals surface area contributed by atoms with E-state index in [1.165, 1.54) is 49.9 Å². The SMILES string of the molecule is CCCO.CCc1c(C)c2cc3[nH]c(cc4nc(c(C)c5nc(cc1[nH]2)C(C)=C5)CC4C)c(C)c3CC. The van der Waals surface area contributed by atoms with Gasteiger partial charge in [0.1, 0.15) is 0 Å². The summed E-state index contributed by atoms with van der Waals surface area (Å²) < 4.78 is 0. The van der Waals surface area contributed by atoms with Crippen molar-refractivity contribution < 1.29 is 5.11 Å². The van der Waals surface area contributed by atoms with Gasteiger partial charge in [-0.25, -0.2) is 4.98 Å². The maximum absolute atomic E-state index is 7.88. The summed E-state index contributed by atoms with van der Waals surface area (Å²) in [5.41, 5.74) is 16.8. The molecule has 3 aromatic rings. The van der Waals surface area contributed by atoms with Crippen molar-refractivity contribution in [3.8, 4) is 0 Å². The zero-order valence-corrected chi connectivity index (χ0v) is 23.8. The first-order valence-corrected chi connectivity index (χ1v) is 13.7. The van der Waals surface area contributed by atoms with Crippen LogP contribution in [0.1, 0.15) is 97.6 Å². The molecule has 196 valence electrons. The van der Waals surface area contributed by atoms with Crippen molar-refractivity contribution in [1.29, 1.82) is 0 Å². The molecule has 1 atom stereocenters. The second-order valence-corrected chi connectivity index (χ2v) is 10.4. The predicted octanol–water partition coefficient (Wildman–Crippen LogP) is 7.66. The number of fused-ring (bicyclic) bond motifs is 8. The molecule has 5 heterocycles. The van der Waals surface area contributed by atoms with Crippen LogP contribution >= 0.6 is 0 Å². The van der Waals surface area contributed by atoms with Crippen molar-refractivity contribution in [1.82, 2.24) is 19.9 Å². The van der Waals surface area contributed by atoms with Crippen LogP contribution < -0.4 is 0 Å². The summed E-state index contributed by atoms with van der Waals surface area (Å²) in [7, 11) is 0. The lowest BCUT2D eigenvalue weighted by Gasteiger charge is -2.00. The molecule has 8 bridgehead atoms. The van der Waals surface area contributed by atoms with Gasteiger partial charge in [-0.15, -0.1) is 0 Å². The Morgan fingerprint density at radius 2 is 1.38 bits per heavy atom. The third-order valence-electron chi connectivity index (χ3n) is 7.78. The Labute approximate surface area is 221 Å². The van der Waals surface area contributed by atoms with E-state index in [-0.39, 0.29) is 0 Å². The van der Waals surface area contributed by atoms with E-state index in [0.29, 0.717) is 12.5 Å². The molecule has 1 unspecified atom stereocenters. The Balaban J connectivity index is 0.000000747. The number of aliphatic hydroxyl groups excluding tert-OH is 1. The summed E-state index contributed by atoms with van der Waals surface area (Å²) in [5, 5.41) is 7.88. The minimum absolute atomic E-state index is 0.319. The zero-order chi connectivity index (χ0) is 26.9. The van der Waals surface area contributed by atoms with Gasteiger partial charge in [-0.2, -0.15) is 0 Å². The summed E-state index contributed by atoms with van der Waals surface area (Å²) in [4.78, 5) is 17.5. The van der Waals surface area contributed by atoms with Crippen LogP contribution in [0.3, 0.4) is 0 Å². The molecule has 2 aliphatic heterocycles. The minimum Gasteiger partial charge on any atom is -0.396 e.